The van der Waals surface area contributed by atoms with E-state index in [1.807, 2.05) is 39.0 Å². The minimum Gasteiger partial charge on any atom is -0.280 e. The van der Waals surface area contributed by atoms with Crippen molar-refractivity contribution >= 4 is 31.6 Å². The molecule has 0 heterocycles. The Bertz CT molecular complexity index is 731. The predicted molar refractivity (Wildman–Crippen MR) is 85.6 cm³/mol. The van der Waals surface area contributed by atoms with Crippen LogP contribution in [0.4, 0.5) is 5.69 Å². The molecule has 0 unspecified atom stereocenters. The average molecular weight is 354 g/mol. The lowest BCUT2D eigenvalue weighted by Crippen LogP contribution is -2.15. The van der Waals surface area contributed by atoms with Gasteiger partial charge in [0.15, 0.2) is 0 Å². The Labute approximate surface area is 128 Å². The third-order valence-corrected chi connectivity index (χ3v) is 5.13. The summed E-state index contributed by atoms with van der Waals surface area (Å²) in [5, 5.41) is 0. The first-order valence-corrected chi connectivity index (χ1v) is 8.43. The maximum absolute atomic E-state index is 12.5. The lowest BCUT2D eigenvalue weighted by molar-refractivity contribution is 0.600. The summed E-state index contributed by atoms with van der Waals surface area (Å²) in [7, 11) is -3.58. The van der Waals surface area contributed by atoms with Crippen LogP contribution in [0.1, 0.15) is 16.7 Å². The van der Waals surface area contributed by atoms with Gasteiger partial charge in [0.2, 0.25) is 0 Å². The maximum atomic E-state index is 12.5. The Morgan fingerprint density at radius 1 is 1.00 bits per heavy atom. The third-order valence-electron chi connectivity index (χ3n) is 2.95. The van der Waals surface area contributed by atoms with Crippen LogP contribution in [-0.4, -0.2) is 8.42 Å². The average Bonchev–Trinajstić information content (AvgIpc) is 2.25. The SMILES string of the molecule is Cc1cc(C)c(S(=O)(=O)Nc2cccc(Br)c2)c(C)c1. The topological polar surface area (TPSA) is 46.2 Å². The van der Waals surface area contributed by atoms with Crippen molar-refractivity contribution in [1.82, 2.24) is 0 Å². The molecule has 0 spiro atoms. The van der Waals surface area contributed by atoms with E-state index in [1.165, 1.54) is 0 Å². The second-order valence-electron chi connectivity index (χ2n) is 4.84. The summed E-state index contributed by atoms with van der Waals surface area (Å²) >= 11 is 3.33. The van der Waals surface area contributed by atoms with Gasteiger partial charge in [0.05, 0.1) is 4.90 Å². The van der Waals surface area contributed by atoms with E-state index < -0.39 is 10.0 Å². The van der Waals surface area contributed by atoms with Crippen LogP contribution in [0.5, 0.6) is 0 Å². The minimum absolute atomic E-state index is 0.350. The summed E-state index contributed by atoms with van der Waals surface area (Å²) in [4.78, 5) is 0.350. The van der Waals surface area contributed by atoms with Gasteiger partial charge in [0, 0.05) is 10.2 Å². The van der Waals surface area contributed by atoms with Gasteiger partial charge in [-0.3, -0.25) is 4.72 Å². The van der Waals surface area contributed by atoms with Crippen LogP contribution in [0, 0.1) is 20.8 Å². The first kappa shape index (κ1) is 15.1. The standard InChI is InChI=1S/C15H16BrNO2S/c1-10-7-11(2)15(12(3)8-10)20(18,19)17-14-6-4-5-13(16)9-14/h4-9,17H,1-3H3. The van der Waals surface area contributed by atoms with Gasteiger partial charge >= 0.3 is 0 Å². The molecule has 1 N–H and O–H groups in total. The van der Waals surface area contributed by atoms with Crippen molar-refractivity contribution in [3.05, 3.63) is 57.6 Å². The fourth-order valence-corrected chi connectivity index (χ4v) is 4.25. The Morgan fingerprint density at radius 3 is 2.15 bits per heavy atom. The quantitative estimate of drug-likeness (QED) is 0.899. The number of hydrogen-bond acceptors (Lipinski definition) is 2. The Morgan fingerprint density at radius 2 is 1.60 bits per heavy atom. The molecule has 0 radical (unpaired) electrons. The molecule has 0 amide bonds. The summed E-state index contributed by atoms with van der Waals surface area (Å²) < 4.78 is 28.5. The molecule has 2 aromatic carbocycles. The summed E-state index contributed by atoms with van der Waals surface area (Å²) in [6.07, 6.45) is 0. The van der Waals surface area contributed by atoms with Gasteiger partial charge < -0.3 is 0 Å². The highest BCUT2D eigenvalue weighted by atomic mass is 79.9. The molecule has 2 aromatic rings. The molecule has 106 valence electrons. The molecule has 0 aliphatic carbocycles. The van der Waals surface area contributed by atoms with Crippen molar-refractivity contribution < 1.29 is 8.42 Å². The zero-order valence-electron chi connectivity index (χ0n) is 11.6. The van der Waals surface area contributed by atoms with E-state index in [0.717, 1.165) is 21.2 Å². The van der Waals surface area contributed by atoms with E-state index in [-0.39, 0.29) is 0 Å². The number of aryl methyl sites for hydroxylation is 3. The van der Waals surface area contributed by atoms with E-state index in [0.29, 0.717) is 10.6 Å². The normalized spacial score (nSPS) is 11.4. The monoisotopic (exact) mass is 353 g/mol. The molecule has 3 nitrogen and oxygen atoms in total. The van der Waals surface area contributed by atoms with E-state index in [2.05, 4.69) is 20.7 Å². The third kappa shape index (κ3) is 3.22. The van der Waals surface area contributed by atoms with Gasteiger partial charge in [0.25, 0.3) is 10.0 Å². The molecule has 0 atom stereocenters. The Balaban J connectivity index is 2.46. The Kier molecular flexibility index (Phi) is 4.20. The number of anilines is 1. The van der Waals surface area contributed by atoms with Gasteiger partial charge in [-0.15, -0.1) is 0 Å². The predicted octanol–water partition coefficient (Wildman–Crippen LogP) is 4.18. The maximum Gasteiger partial charge on any atom is 0.262 e. The number of halogens is 1. The molecule has 0 aliphatic heterocycles. The van der Waals surface area contributed by atoms with Crippen molar-refractivity contribution in [2.75, 3.05) is 4.72 Å². The fourth-order valence-electron chi connectivity index (χ4n) is 2.35. The summed E-state index contributed by atoms with van der Waals surface area (Å²) in [6.45, 7) is 5.59. The second-order valence-corrected chi connectivity index (χ2v) is 7.38. The van der Waals surface area contributed by atoms with E-state index in [9.17, 15) is 8.42 Å². The largest absolute Gasteiger partial charge is 0.280 e. The molecular weight excluding hydrogens is 338 g/mol. The van der Waals surface area contributed by atoms with Crippen LogP contribution in [0.3, 0.4) is 0 Å². The number of nitrogens with one attached hydrogen (secondary N) is 1. The summed E-state index contributed by atoms with van der Waals surface area (Å²) in [5.74, 6) is 0. The smallest absolute Gasteiger partial charge is 0.262 e. The zero-order chi connectivity index (χ0) is 14.9. The van der Waals surface area contributed by atoms with Crippen molar-refractivity contribution in [2.24, 2.45) is 0 Å². The summed E-state index contributed by atoms with van der Waals surface area (Å²) in [6, 6.07) is 10.8. The van der Waals surface area contributed by atoms with Crippen LogP contribution < -0.4 is 4.72 Å². The number of sulfonamides is 1. The molecule has 5 heteroatoms. The van der Waals surface area contributed by atoms with Gasteiger partial charge in [0.1, 0.15) is 0 Å². The molecule has 0 fully saturated rings. The van der Waals surface area contributed by atoms with Gasteiger partial charge in [-0.05, 0) is 50.1 Å². The molecule has 0 saturated heterocycles. The number of hydrogen-bond donors (Lipinski definition) is 1. The van der Waals surface area contributed by atoms with Gasteiger partial charge in [-0.1, -0.05) is 39.7 Å². The Hall–Kier alpha value is -1.33. The molecule has 0 aromatic heterocycles. The molecule has 2 rings (SSSR count). The summed E-state index contributed by atoms with van der Waals surface area (Å²) in [5.41, 5.74) is 3.11. The first-order chi connectivity index (χ1) is 9.29. The van der Waals surface area contributed by atoms with Crippen LogP contribution in [0.15, 0.2) is 45.8 Å². The number of benzene rings is 2. The van der Waals surface area contributed by atoms with Crippen LogP contribution >= 0.6 is 15.9 Å². The lowest BCUT2D eigenvalue weighted by Gasteiger charge is -2.14. The molecule has 0 saturated carbocycles. The highest BCUT2D eigenvalue weighted by Gasteiger charge is 2.19. The molecule has 0 bridgehead atoms. The van der Waals surface area contributed by atoms with Crippen LogP contribution in [-0.2, 0) is 10.0 Å². The zero-order valence-corrected chi connectivity index (χ0v) is 14.0. The van der Waals surface area contributed by atoms with Crippen molar-refractivity contribution in [3.8, 4) is 0 Å². The highest BCUT2D eigenvalue weighted by molar-refractivity contribution is 9.10. The second kappa shape index (κ2) is 5.58. The van der Waals surface area contributed by atoms with Crippen molar-refractivity contribution in [1.29, 1.82) is 0 Å². The van der Waals surface area contributed by atoms with Crippen LogP contribution in [0.25, 0.3) is 0 Å². The van der Waals surface area contributed by atoms with Gasteiger partial charge in [-0.25, -0.2) is 8.42 Å². The first-order valence-electron chi connectivity index (χ1n) is 6.16. The van der Waals surface area contributed by atoms with E-state index in [4.69, 9.17) is 0 Å². The lowest BCUT2D eigenvalue weighted by atomic mass is 10.1. The fraction of sp³-hybridized carbons (Fsp3) is 0.200. The molecule has 20 heavy (non-hydrogen) atoms. The number of rotatable bonds is 3. The van der Waals surface area contributed by atoms with Crippen molar-refractivity contribution in [3.63, 3.8) is 0 Å². The van der Waals surface area contributed by atoms with Gasteiger partial charge in [-0.2, -0.15) is 0 Å². The minimum atomic E-state index is -3.58. The molecule has 0 aliphatic rings. The molecular formula is C15H16BrNO2S. The van der Waals surface area contributed by atoms with E-state index in [1.54, 1.807) is 18.2 Å². The highest BCUT2D eigenvalue weighted by Crippen LogP contribution is 2.25. The van der Waals surface area contributed by atoms with E-state index >= 15 is 0 Å². The van der Waals surface area contributed by atoms with Crippen LogP contribution in [0.2, 0.25) is 0 Å². The van der Waals surface area contributed by atoms with Crippen molar-refractivity contribution in [2.45, 2.75) is 25.7 Å².